The van der Waals surface area contributed by atoms with Gasteiger partial charge in [-0.05, 0) is 0 Å². The number of benzene rings is 2. The maximum atomic E-state index is 14.5. The van der Waals surface area contributed by atoms with Crippen LogP contribution in [-0.2, 0) is 13.0 Å². The summed E-state index contributed by atoms with van der Waals surface area (Å²) in [4.78, 5) is 21.2. The summed E-state index contributed by atoms with van der Waals surface area (Å²) in [5.74, 6) is 0.156. The normalized spacial score (nSPS) is 16.4. The Hall–Kier alpha value is -3.80. The van der Waals surface area contributed by atoms with Crippen LogP contribution in [0.1, 0.15) is 21.6 Å². The molecule has 5 bridgehead atoms. The molecule has 1 amide bonds. The number of pyridine rings is 1. The van der Waals surface area contributed by atoms with Crippen LogP contribution in [0, 0.1) is 5.82 Å². The van der Waals surface area contributed by atoms with Crippen molar-refractivity contribution in [1.29, 1.82) is 0 Å². The number of H-pyrrole nitrogens is 1. The van der Waals surface area contributed by atoms with Crippen LogP contribution in [0.5, 0.6) is 11.5 Å². The van der Waals surface area contributed by atoms with Gasteiger partial charge in [-0.3, -0.25) is 0 Å². The van der Waals surface area contributed by atoms with Crippen molar-refractivity contribution >= 4 is 23.0 Å². The summed E-state index contributed by atoms with van der Waals surface area (Å²) >= 11 is -0.815. The molecule has 10 heteroatoms. The van der Waals surface area contributed by atoms with E-state index < -0.39 is 27.4 Å². The molecule has 1 unspecified atom stereocenters. The molecule has 2 aromatic heterocycles. The van der Waals surface area contributed by atoms with Gasteiger partial charge in [-0.25, -0.2) is 0 Å². The van der Waals surface area contributed by atoms with E-state index >= 15 is 0 Å². The zero-order valence-electron chi connectivity index (χ0n) is 19.2. The summed E-state index contributed by atoms with van der Waals surface area (Å²) in [6.07, 6.45) is 4.05. The molecule has 5 heterocycles. The minimum atomic E-state index is -0.815. The van der Waals surface area contributed by atoms with E-state index in [0.717, 1.165) is 28.3 Å². The predicted molar refractivity (Wildman–Crippen MR) is 130 cm³/mol. The zero-order chi connectivity index (χ0) is 24.6. The first kappa shape index (κ1) is 22.7. The average Bonchev–Trinajstić information content (AvgIpc) is 3.25. The number of halogens is 2. The Kier molecular flexibility index (Phi) is 5.88. The summed E-state index contributed by atoms with van der Waals surface area (Å²) in [5.41, 5.74) is 5.69. The molecule has 4 N–H and O–H groups in total. The third-order valence-electron chi connectivity index (χ3n) is 6.14. The molecule has 0 saturated carbocycles. The Morgan fingerprint density at radius 1 is 1.19 bits per heavy atom. The number of aromatic amines is 1. The molecule has 4 aromatic rings. The summed E-state index contributed by atoms with van der Waals surface area (Å²) in [6.45, 7) is 0.581. The molecule has 3 aliphatic heterocycles. The van der Waals surface area contributed by atoms with E-state index in [1.54, 1.807) is 24.5 Å². The number of fused-ring (bicyclic) bond motifs is 4. The number of para-hydroxylation sites is 1. The first-order valence-corrected chi connectivity index (χ1v) is 13.5. The van der Waals surface area contributed by atoms with Gasteiger partial charge in [-0.1, -0.05) is 0 Å². The van der Waals surface area contributed by atoms with Gasteiger partial charge < -0.3 is 0 Å². The molecule has 1 atom stereocenters. The fraction of sp³-hybridized carbons (Fsp3) is 0.154. The molecule has 8 nitrogen and oxygen atoms in total. The van der Waals surface area contributed by atoms with Gasteiger partial charge in [0.1, 0.15) is 0 Å². The molecular weight excluding hydrogens is 576 g/mol. The quantitative estimate of drug-likeness (QED) is 0.163. The molecule has 0 aliphatic carbocycles. The van der Waals surface area contributed by atoms with E-state index in [4.69, 9.17) is 7.80 Å². The number of hydrogen-bond acceptors (Lipinski definition) is 6. The zero-order valence-corrected chi connectivity index (χ0v) is 21.4. The van der Waals surface area contributed by atoms with Gasteiger partial charge in [0.25, 0.3) is 0 Å². The van der Waals surface area contributed by atoms with Gasteiger partial charge in [-0.2, -0.15) is 0 Å². The molecule has 184 valence electrons. The van der Waals surface area contributed by atoms with E-state index in [9.17, 15) is 9.18 Å². The van der Waals surface area contributed by atoms with Gasteiger partial charge >= 0.3 is 218 Å². The summed E-state index contributed by atoms with van der Waals surface area (Å²) in [5, 5.41) is 9.86. The Morgan fingerprint density at radius 2 is 2.06 bits per heavy atom. The van der Waals surface area contributed by atoms with Crippen LogP contribution in [0.4, 0.5) is 21.5 Å². The molecule has 3 aliphatic rings. The van der Waals surface area contributed by atoms with Crippen molar-refractivity contribution in [3.05, 3.63) is 83.6 Å². The second kappa shape index (κ2) is 9.34. The van der Waals surface area contributed by atoms with E-state index in [1.165, 1.54) is 13.2 Å². The molecule has 0 radical (unpaired) electrons. The van der Waals surface area contributed by atoms with Gasteiger partial charge in [-0.15, -0.1) is 0 Å². The third kappa shape index (κ3) is 4.11. The summed E-state index contributed by atoms with van der Waals surface area (Å²) in [6, 6.07) is 14.5. The number of amides is 1. The van der Waals surface area contributed by atoms with E-state index in [0.29, 0.717) is 35.6 Å². The van der Waals surface area contributed by atoms with Crippen LogP contribution in [0.2, 0.25) is 0 Å². The third-order valence-corrected chi connectivity index (χ3v) is 8.27. The van der Waals surface area contributed by atoms with Crippen molar-refractivity contribution in [1.82, 2.24) is 15.3 Å². The van der Waals surface area contributed by atoms with Crippen molar-refractivity contribution in [3.8, 4) is 22.8 Å². The van der Waals surface area contributed by atoms with Gasteiger partial charge in [0.2, 0.25) is 0 Å². The fourth-order valence-corrected chi connectivity index (χ4v) is 6.37. The molecular formula is C26H22FIN5O3-. The van der Waals surface area contributed by atoms with Gasteiger partial charge in [0.05, 0.1) is 0 Å². The fourth-order valence-electron chi connectivity index (χ4n) is 4.44. The Labute approximate surface area is 217 Å². The molecule has 0 spiro atoms. The number of aromatic nitrogens is 2. The summed E-state index contributed by atoms with van der Waals surface area (Å²) < 4.78 is 25.8. The number of nitrogens with zero attached hydrogens (tertiary/aromatic N) is 1. The van der Waals surface area contributed by atoms with E-state index in [1.807, 2.05) is 30.3 Å². The second-order valence-corrected chi connectivity index (χ2v) is 10.9. The predicted octanol–water partition coefficient (Wildman–Crippen LogP) is 1.59. The number of ether oxygens (including phenoxy) is 1. The monoisotopic (exact) mass is 598 g/mol. The van der Waals surface area contributed by atoms with Crippen LogP contribution in [0.15, 0.2) is 60.9 Å². The minimum absolute atomic E-state index is 0.0741. The number of nitrogens with one attached hydrogen (secondary N) is 4. The number of rotatable bonds is 3. The number of alkyl halides is 1. The van der Waals surface area contributed by atoms with Gasteiger partial charge in [0.15, 0.2) is 0 Å². The second-order valence-electron chi connectivity index (χ2n) is 8.40. The topological polar surface area (TPSA) is 100 Å². The molecule has 36 heavy (non-hydrogen) atoms. The van der Waals surface area contributed by atoms with Crippen LogP contribution in [0.25, 0.3) is 11.3 Å². The van der Waals surface area contributed by atoms with Crippen LogP contribution >= 0.6 is 0 Å². The van der Waals surface area contributed by atoms with Crippen LogP contribution < -0.4 is 45.4 Å². The number of carbonyl (C=O) groups excluding carboxylic acids is 1. The van der Waals surface area contributed by atoms with Crippen molar-refractivity contribution in [2.24, 2.45) is 0 Å². The molecule has 0 fully saturated rings. The summed E-state index contributed by atoms with van der Waals surface area (Å²) in [7, 11) is 1.42. The van der Waals surface area contributed by atoms with Crippen molar-refractivity contribution < 1.29 is 38.6 Å². The number of hydrogen-bond donors (Lipinski definition) is 4. The van der Waals surface area contributed by atoms with Gasteiger partial charge in [0, 0.05) is 0 Å². The van der Waals surface area contributed by atoms with Crippen molar-refractivity contribution in [3.63, 3.8) is 0 Å². The van der Waals surface area contributed by atoms with Crippen LogP contribution in [0.3, 0.4) is 0 Å². The Morgan fingerprint density at radius 3 is 2.89 bits per heavy atom. The standard InChI is InChI=1S/C26H22FIN5O3/c1-35-25-17(27)3-2-4-18(25)31-24-22-19-11-21(33-26(22)34)28-36-15-7-5-14(6-8-15)12-30-20-13-29-10-9-16(20)23(24)32-19/h2-10,13,21,30-32H,11-12H2,1H3,(H,33,34)/q-1. The van der Waals surface area contributed by atoms with Crippen LogP contribution in [-0.4, -0.2) is 27.0 Å². The first-order chi connectivity index (χ1) is 17.6. The SMILES string of the molecule is COc1c(F)cccc1Nc1c2[nH]c3c1C(=O)NC(C3)[I-]Oc1ccc(cc1)CNc1cnccc1-2. The molecule has 2 aromatic carbocycles. The Balaban J connectivity index is 1.52. The molecule has 7 rings (SSSR count). The van der Waals surface area contributed by atoms with Crippen molar-refractivity contribution in [2.45, 2.75) is 17.0 Å². The number of methoxy groups -OCH3 is 1. The molecule has 0 saturated heterocycles. The van der Waals surface area contributed by atoms with E-state index in [2.05, 4.69) is 25.9 Å². The van der Waals surface area contributed by atoms with Crippen molar-refractivity contribution in [2.75, 3.05) is 17.7 Å². The maximum absolute atomic E-state index is 14.5. The number of anilines is 3. The average molecular weight is 598 g/mol. The Bertz CT molecular complexity index is 1460. The first-order valence-electron chi connectivity index (χ1n) is 11.3. The van der Waals surface area contributed by atoms with E-state index in [-0.39, 0.29) is 15.7 Å². The number of carbonyl (C=O) groups is 1.